The molecule has 0 bridgehead atoms. The van der Waals surface area contributed by atoms with E-state index >= 15 is 0 Å². The highest BCUT2D eigenvalue weighted by atomic mass is 79.9. The summed E-state index contributed by atoms with van der Waals surface area (Å²) in [6.45, 7) is 1.89. The van der Waals surface area contributed by atoms with Crippen LogP contribution in [0.1, 0.15) is 16.1 Å². The maximum absolute atomic E-state index is 11.6. The molecule has 0 saturated heterocycles. The maximum Gasteiger partial charge on any atom is 0.356 e. The van der Waals surface area contributed by atoms with Gasteiger partial charge in [-0.3, -0.25) is 0 Å². The van der Waals surface area contributed by atoms with Crippen LogP contribution in [0.3, 0.4) is 0 Å². The number of methoxy groups -OCH3 is 2. The molecule has 6 heteroatoms. The average Bonchev–Trinajstić information content (AvgIpc) is 2.42. The van der Waals surface area contributed by atoms with Crippen LogP contribution < -0.4 is 4.74 Å². The van der Waals surface area contributed by atoms with Crippen molar-refractivity contribution in [2.45, 2.75) is 6.92 Å². The molecule has 0 N–H and O–H groups in total. The molecule has 0 amide bonds. The Kier molecular flexibility index (Phi) is 3.96. The second-order valence-electron chi connectivity index (χ2n) is 3.91. The molecule has 100 valence electrons. The molecular weight excluding hydrogens is 334 g/mol. The predicted molar refractivity (Wildman–Crippen MR) is 77.1 cm³/mol. The van der Waals surface area contributed by atoms with Gasteiger partial charge in [0.15, 0.2) is 5.69 Å². The molecule has 1 heterocycles. The number of carbonyl (C=O) groups excluding carboxylic acids is 1. The van der Waals surface area contributed by atoms with Crippen LogP contribution in [-0.4, -0.2) is 25.2 Å². The lowest BCUT2D eigenvalue weighted by molar-refractivity contribution is 0.0594. The first-order valence-electron chi connectivity index (χ1n) is 5.41. The number of carbonyl (C=O) groups is 1. The number of ether oxygens (including phenoxy) is 2. The minimum Gasteiger partial charge on any atom is -0.496 e. The number of halogens is 2. The zero-order chi connectivity index (χ0) is 14.2. The standard InChI is InChI=1S/C13H11BrClNO3/c1-6-4-7(14)12-10(11(6)15)9(18-2)5-8(16-12)13(17)19-3/h4-5H,1-3H3. The number of pyridine rings is 1. The second kappa shape index (κ2) is 5.35. The summed E-state index contributed by atoms with van der Waals surface area (Å²) in [5.41, 5.74) is 1.63. The van der Waals surface area contributed by atoms with Crippen molar-refractivity contribution in [3.05, 3.63) is 32.9 Å². The molecule has 1 aromatic carbocycles. The molecule has 4 nitrogen and oxygen atoms in total. The normalized spacial score (nSPS) is 10.6. The Hall–Kier alpha value is -1.33. The molecule has 0 atom stereocenters. The predicted octanol–water partition coefficient (Wildman–Crippen LogP) is 3.75. The van der Waals surface area contributed by atoms with Crippen molar-refractivity contribution in [1.29, 1.82) is 0 Å². The van der Waals surface area contributed by atoms with E-state index in [1.165, 1.54) is 20.3 Å². The summed E-state index contributed by atoms with van der Waals surface area (Å²) in [6, 6.07) is 3.37. The summed E-state index contributed by atoms with van der Waals surface area (Å²) in [7, 11) is 2.82. The van der Waals surface area contributed by atoms with Crippen molar-refractivity contribution in [1.82, 2.24) is 4.98 Å². The van der Waals surface area contributed by atoms with Gasteiger partial charge in [-0.2, -0.15) is 0 Å². The summed E-state index contributed by atoms with van der Waals surface area (Å²) < 4.78 is 10.7. The summed E-state index contributed by atoms with van der Waals surface area (Å²) in [5, 5.41) is 1.22. The van der Waals surface area contributed by atoms with Crippen LogP contribution in [0, 0.1) is 6.92 Å². The van der Waals surface area contributed by atoms with E-state index in [4.69, 9.17) is 16.3 Å². The largest absolute Gasteiger partial charge is 0.496 e. The summed E-state index contributed by atoms with van der Waals surface area (Å²) >= 11 is 9.71. The topological polar surface area (TPSA) is 48.4 Å². The number of nitrogens with zero attached hydrogens (tertiary/aromatic N) is 1. The third kappa shape index (κ3) is 2.40. The van der Waals surface area contributed by atoms with Crippen molar-refractivity contribution < 1.29 is 14.3 Å². The van der Waals surface area contributed by atoms with E-state index in [1.54, 1.807) is 0 Å². The SMILES string of the molecule is COC(=O)c1cc(OC)c2c(Cl)c(C)cc(Br)c2n1. The average molecular weight is 345 g/mol. The second-order valence-corrected chi connectivity index (χ2v) is 5.15. The molecule has 1 aromatic heterocycles. The lowest BCUT2D eigenvalue weighted by Crippen LogP contribution is -2.05. The number of aromatic nitrogens is 1. The van der Waals surface area contributed by atoms with Crippen LogP contribution in [0.5, 0.6) is 5.75 Å². The van der Waals surface area contributed by atoms with E-state index in [0.29, 0.717) is 21.7 Å². The molecule has 2 rings (SSSR count). The number of aryl methyl sites for hydroxylation is 1. The lowest BCUT2D eigenvalue weighted by Gasteiger charge is -2.12. The highest BCUT2D eigenvalue weighted by molar-refractivity contribution is 9.10. The zero-order valence-corrected chi connectivity index (χ0v) is 12.9. The first-order chi connectivity index (χ1) is 8.99. The van der Waals surface area contributed by atoms with E-state index < -0.39 is 5.97 Å². The van der Waals surface area contributed by atoms with Crippen LogP contribution in [0.25, 0.3) is 10.9 Å². The first kappa shape index (κ1) is 14.1. The third-order valence-electron chi connectivity index (χ3n) is 2.73. The molecule has 0 saturated carbocycles. The zero-order valence-electron chi connectivity index (χ0n) is 10.6. The van der Waals surface area contributed by atoms with E-state index in [9.17, 15) is 4.79 Å². The smallest absolute Gasteiger partial charge is 0.356 e. The first-order valence-corrected chi connectivity index (χ1v) is 6.58. The Morgan fingerprint density at radius 3 is 2.63 bits per heavy atom. The highest BCUT2D eigenvalue weighted by Gasteiger charge is 2.18. The van der Waals surface area contributed by atoms with Crippen LogP contribution >= 0.6 is 27.5 Å². The fourth-order valence-corrected chi connectivity index (χ4v) is 2.66. The van der Waals surface area contributed by atoms with Gasteiger partial charge >= 0.3 is 5.97 Å². The van der Waals surface area contributed by atoms with E-state index in [-0.39, 0.29) is 5.69 Å². The van der Waals surface area contributed by atoms with Crippen molar-refractivity contribution in [3.8, 4) is 5.75 Å². The molecule has 0 unspecified atom stereocenters. The fraction of sp³-hybridized carbons (Fsp3) is 0.231. The maximum atomic E-state index is 11.6. The Labute approximate surface area is 123 Å². The van der Waals surface area contributed by atoms with Gasteiger partial charge in [-0.05, 0) is 34.5 Å². The van der Waals surface area contributed by atoms with Gasteiger partial charge < -0.3 is 9.47 Å². The summed E-state index contributed by atoms with van der Waals surface area (Å²) in [4.78, 5) is 15.9. The number of benzene rings is 1. The van der Waals surface area contributed by atoms with Gasteiger partial charge in [-0.15, -0.1) is 0 Å². The van der Waals surface area contributed by atoms with E-state index in [0.717, 1.165) is 10.0 Å². The molecule has 0 aliphatic heterocycles. The Morgan fingerprint density at radius 2 is 2.05 bits per heavy atom. The number of esters is 1. The fourth-order valence-electron chi connectivity index (χ4n) is 1.80. The molecule has 0 spiro atoms. The minimum atomic E-state index is -0.524. The molecule has 0 radical (unpaired) electrons. The van der Waals surface area contributed by atoms with E-state index in [1.807, 2.05) is 13.0 Å². The van der Waals surface area contributed by atoms with Gasteiger partial charge in [0.1, 0.15) is 5.75 Å². The van der Waals surface area contributed by atoms with Crippen molar-refractivity contribution >= 4 is 44.4 Å². The Bertz CT molecular complexity index is 673. The van der Waals surface area contributed by atoms with Gasteiger partial charge in [-0.1, -0.05) is 11.6 Å². The Balaban J connectivity index is 2.88. The highest BCUT2D eigenvalue weighted by Crippen LogP contribution is 2.38. The van der Waals surface area contributed by atoms with Crippen molar-refractivity contribution in [2.24, 2.45) is 0 Å². The molecule has 0 fully saturated rings. The molecular formula is C13H11BrClNO3. The van der Waals surface area contributed by atoms with Crippen LogP contribution in [0.15, 0.2) is 16.6 Å². The van der Waals surface area contributed by atoms with Gasteiger partial charge in [0.25, 0.3) is 0 Å². The lowest BCUT2D eigenvalue weighted by atomic mass is 10.1. The third-order valence-corrected chi connectivity index (χ3v) is 3.82. The summed E-state index contributed by atoms with van der Waals surface area (Å²) in [6.07, 6.45) is 0. The van der Waals surface area contributed by atoms with Gasteiger partial charge in [0, 0.05) is 10.5 Å². The van der Waals surface area contributed by atoms with Crippen LogP contribution in [0.4, 0.5) is 0 Å². The quantitative estimate of drug-likeness (QED) is 0.778. The van der Waals surface area contributed by atoms with E-state index in [2.05, 4.69) is 25.7 Å². The number of hydrogen-bond acceptors (Lipinski definition) is 4. The van der Waals surface area contributed by atoms with Crippen LogP contribution in [0.2, 0.25) is 5.02 Å². The molecule has 0 aliphatic carbocycles. The molecule has 0 aliphatic rings. The van der Waals surface area contributed by atoms with Crippen LogP contribution in [-0.2, 0) is 4.74 Å². The number of fused-ring (bicyclic) bond motifs is 1. The van der Waals surface area contributed by atoms with Gasteiger partial charge in [0.2, 0.25) is 0 Å². The Morgan fingerprint density at radius 1 is 1.37 bits per heavy atom. The minimum absolute atomic E-state index is 0.174. The monoisotopic (exact) mass is 343 g/mol. The van der Waals surface area contributed by atoms with Crippen molar-refractivity contribution in [3.63, 3.8) is 0 Å². The molecule has 2 aromatic rings. The number of rotatable bonds is 2. The van der Waals surface area contributed by atoms with Gasteiger partial charge in [-0.25, -0.2) is 9.78 Å². The molecule has 19 heavy (non-hydrogen) atoms. The number of hydrogen-bond donors (Lipinski definition) is 0. The van der Waals surface area contributed by atoms with Crippen molar-refractivity contribution in [2.75, 3.05) is 14.2 Å². The van der Waals surface area contributed by atoms with Gasteiger partial charge in [0.05, 0.1) is 30.1 Å². The summed E-state index contributed by atoms with van der Waals surface area (Å²) in [5.74, 6) is -0.0383.